The minimum absolute atomic E-state index is 0. The van der Waals surface area contributed by atoms with Crippen molar-refractivity contribution in [2.45, 2.75) is 39.7 Å². The first-order chi connectivity index (χ1) is 14.6. The number of amides is 2. The fourth-order valence-corrected chi connectivity index (χ4v) is 3.88. The molecule has 0 radical (unpaired) electrons. The Morgan fingerprint density at radius 1 is 1.19 bits per heavy atom. The van der Waals surface area contributed by atoms with E-state index in [0.717, 1.165) is 30.4 Å². The Balaban J connectivity index is 0.00000272. The first-order valence-electron chi connectivity index (χ1n) is 10.0. The van der Waals surface area contributed by atoms with Gasteiger partial charge in [0.15, 0.2) is 0 Å². The smallest absolute Gasteiger partial charge is 0.407 e. The lowest BCUT2D eigenvalue weighted by atomic mass is 9.87. The fourth-order valence-electron chi connectivity index (χ4n) is 3.88. The lowest BCUT2D eigenvalue weighted by Gasteiger charge is -2.26. The third-order valence-electron chi connectivity index (χ3n) is 5.32. The summed E-state index contributed by atoms with van der Waals surface area (Å²) in [6.07, 6.45) is 3.65. The molecule has 2 aromatic carbocycles. The number of aromatic nitrogens is 1. The fraction of sp³-hybridized carbons (Fsp3) is 0.292. The highest BCUT2D eigenvalue weighted by Gasteiger charge is 2.23. The van der Waals surface area contributed by atoms with Gasteiger partial charge in [-0.3, -0.25) is 9.59 Å². The van der Waals surface area contributed by atoms with Gasteiger partial charge in [0.2, 0.25) is 5.43 Å². The van der Waals surface area contributed by atoms with Crippen molar-refractivity contribution >= 4 is 28.6 Å². The highest BCUT2D eigenvalue weighted by molar-refractivity contribution is 6.05. The number of ether oxygens (including phenoxy) is 1. The Kier molecular flexibility index (Phi) is 6.74. The van der Waals surface area contributed by atoms with Gasteiger partial charge in [-0.1, -0.05) is 25.6 Å². The molecule has 162 valence electrons. The average Bonchev–Trinajstić information content (AvgIpc) is 2.74. The number of pyridine rings is 1. The van der Waals surface area contributed by atoms with Gasteiger partial charge in [-0.05, 0) is 61.6 Å². The molecule has 7 nitrogen and oxygen atoms in total. The van der Waals surface area contributed by atoms with E-state index in [9.17, 15) is 14.4 Å². The number of aromatic amines is 1. The van der Waals surface area contributed by atoms with Gasteiger partial charge in [-0.2, -0.15) is 0 Å². The number of carbonyl (C=O) groups excluding carboxylic acids is 2. The Morgan fingerprint density at radius 2 is 2.00 bits per heavy atom. The van der Waals surface area contributed by atoms with E-state index in [1.54, 1.807) is 25.1 Å². The zero-order valence-electron chi connectivity index (χ0n) is 16.7. The third kappa shape index (κ3) is 4.60. The lowest BCUT2D eigenvalue weighted by Crippen LogP contribution is -2.31. The SMILES string of the molecule is C.CCOC(=O)NC1CCCc2ccc(NC(=O)c3c[nH]c4ccccc4c3=O)cc21. The minimum atomic E-state index is -0.479. The molecule has 1 aromatic heterocycles. The molecular weight excluding hydrogens is 394 g/mol. The molecule has 3 N–H and O–H groups in total. The van der Waals surface area contributed by atoms with Crippen LogP contribution in [0.2, 0.25) is 0 Å². The molecule has 0 aliphatic heterocycles. The number of anilines is 1. The summed E-state index contributed by atoms with van der Waals surface area (Å²) in [6, 6.07) is 12.5. The summed E-state index contributed by atoms with van der Waals surface area (Å²) in [5.74, 6) is -0.479. The van der Waals surface area contributed by atoms with Crippen molar-refractivity contribution in [3.05, 3.63) is 75.6 Å². The maximum Gasteiger partial charge on any atom is 0.407 e. The van der Waals surface area contributed by atoms with Gasteiger partial charge in [0.05, 0.1) is 12.6 Å². The zero-order valence-corrected chi connectivity index (χ0v) is 16.7. The van der Waals surface area contributed by atoms with Crippen LogP contribution in [0.4, 0.5) is 10.5 Å². The van der Waals surface area contributed by atoms with Crippen LogP contribution in [0.15, 0.2) is 53.5 Å². The van der Waals surface area contributed by atoms with E-state index in [-0.39, 0.29) is 24.5 Å². The summed E-state index contributed by atoms with van der Waals surface area (Å²) < 4.78 is 5.00. The van der Waals surface area contributed by atoms with Crippen molar-refractivity contribution < 1.29 is 14.3 Å². The number of para-hydroxylation sites is 1. The quantitative estimate of drug-likeness (QED) is 0.576. The van der Waals surface area contributed by atoms with Crippen LogP contribution in [-0.2, 0) is 11.2 Å². The molecule has 0 saturated heterocycles. The largest absolute Gasteiger partial charge is 0.450 e. The first-order valence-corrected chi connectivity index (χ1v) is 10.0. The van der Waals surface area contributed by atoms with Gasteiger partial charge in [0.25, 0.3) is 5.91 Å². The molecule has 0 bridgehead atoms. The summed E-state index contributed by atoms with van der Waals surface area (Å²) in [5, 5.41) is 6.17. The molecule has 1 aliphatic rings. The average molecular weight is 421 g/mol. The predicted molar refractivity (Wildman–Crippen MR) is 122 cm³/mol. The van der Waals surface area contributed by atoms with Crippen LogP contribution in [0, 0.1) is 0 Å². The third-order valence-corrected chi connectivity index (χ3v) is 5.32. The molecule has 0 saturated carbocycles. The maximum absolute atomic E-state index is 12.8. The molecule has 1 aliphatic carbocycles. The van der Waals surface area contributed by atoms with E-state index >= 15 is 0 Å². The van der Waals surface area contributed by atoms with E-state index in [1.807, 2.05) is 24.3 Å². The van der Waals surface area contributed by atoms with E-state index in [0.29, 0.717) is 23.2 Å². The molecule has 3 aromatic rings. The number of nitrogens with one attached hydrogen (secondary N) is 3. The van der Waals surface area contributed by atoms with Crippen molar-refractivity contribution in [2.75, 3.05) is 11.9 Å². The normalized spacial score (nSPS) is 14.8. The molecule has 2 amide bonds. The minimum Gasteiger partial charge on any atom is -0.450 e. The van der Waals surface area contributed by atoms with Gasteiger partial charge in [0, 0.05) is 22.8 Å². The summed E-state index contributed by atoms with van der Waals surface area (Å²) in [6.45, 7) is 2.07. The highest BCUT2D eigenvalue weighted by atomic mass is 16.5. The van der Waals surface area contributed by atoms with E-state index in [4.69, 9.17) is 4.74 Å². The molecule has 7 heteroatoms. The molecule has 1 unspecified atom stereocenters. The van der Waals surface area contributed by atoms with Crippen LogP contribution in [0.3, 0.4) is 0 Å². The number of aryl methyl sites for hydroxylation is 1. The summed E-state index contributed by atoms with van der Waals surface area (Å²) in [5.41, 5.74) is 3.07. The summed E-state index contributed by atoms with van der Waals surface area (Å²) in [7, 11) is 0. The second kappa shape index (κ2) is 9.47. The number of benzene rings is 2. The number of carbonyl (C=O) groups is 2. The van der Waals surface area contributed by atoms with Gasteiger partial charge in [0.1, 0.15) is 5.56 Å². The monoisotopic (exact) mass is 421 g/mol. The second-order valence-electron chi connectivity index (χ2n) is 7.25. The molecule has 0 fully saturated rings. The van der Waals surface area contributed by atoms with Crippen LogP contribution in [-0.4, -0.2) is 23.6 Å². The maximum atomic E-state index is 12.8. The van der Waals surface area contributed by atoms with Crippen molar-refractivity contribution in [1.29, 1.82) is 0 Å². The van der Waals surface area contributed by atoms with Gasteiger partial charge in [-0.15, -0.1) is 0 Å². The highest BCUT2D eigenvalue weighted by Crippen LogP contribution is 2.32. The summed E-state index contributed by atoms with van der Waals surface area (Å²) in [4.78, 5) is 40.3. The second-order valence-corrected chi connectivity index (χ2v) is 7.25. The number of rotatable bonds is 4. The van der Waals surface area contributed by atoms with Crippen LogP contribution in [0.1, 0.15) is 54.7 Å². The molecule has 0 spiro atoms. The number of hydrogen-bond donors (Lipinski definition) is 3. The van der Waals surface area contributed by atoms with Crippen molar-refractivity contribution in [3.8, 4) is 0 Å². The van der Waals surface area contributed by atoms with Crippen LogP contribution in [0.25, 0.3) is 10.9 Å². The van der Waals surface area contributed by atoms with Crippen LogP contribution < -0.4 is 16.1 Å². The number of hydrogen-bond acceptors (Lipinski definition) is 4. The van der Waals surface area contributed by atoms with Crippen molar-refractivity contribution in [1.82, 2.24) is 10.3 Å². The molecule has 31 heavy (non-hydrogen) atoms. The van der Waals surface area contributed by atoms with E-state index < -0.39 is 12.0 Å². The first kappa shape index (κ1) is 22.1. The van der Waals surface area contributed by atoms with Gasteiger partial charge < -0.3 is 20.4 Å². The molecule has 1 atom stereocenters. The Labute approximate surface area is 180 Å². The van der Waals surface area contributed by atoms with Gasteiger partial charge >= 0.3 is 6.09 Å². The Morgan fingerprint density at radius 3 is 2.81 bits per heavy atom. The topological polar surface area (TPSA) is 100 Å². The van der Waals surface area contributed by atoms with Crippen molar-refractivity contribution in [2.24, 2.45) is 0 Å². The standard InChI is InChI=1S/C23H23N3O4.CH4/c1-2-30-23(29)26-20-9-5-6-14-10-11-15(12-17(14)20)25-22(28)18-13-24-19-8-4-3-7-16(19)21(18)27;/h3-4,7-8,10-13,20H,2,5-6,9H2,1H3,(H,24,27)(H,25,28)(H,26,29);1H4. The Hall–Kier alpha value is -3.61. The number of alkyl carbamates (subject to hydrolysis) is 1. The molecular formula is C24H27N3O4. The number of H-pyrrole nitrogens is 1. The molecule has 4 rings (SSSR count). The number of fused-ring (bicyclic) bond motifs is 2. The molecule has 1 heterocycles. The van der Waals surface area contributed by atoms with E-state index in [1.165, 1.54) is 6.20 Å². The van der Waals surface area contributed by atoms with Crippen LogP contribution in [0.5, 0.6) is 0 Å². The van der Waals surface area contributed by atoms with Gasteiger partial charge in [-0.25, -0.2) is 4.79 Å². The Bertz CT molecular complexity index is 1170. The van der Waals surface area contributed by atoms with Crippen molar-refractivity contribution in [3.63, 3.8) is 0 Å². The predicted octanol–water partition coefficient (Wildman–Crippen LogP) is 4.54. The zero-order chi connectivity index (χ0) is 21.1. The van der Waals surface area contributed by atoms with Crippen LogP contribution >= 0.6 is 0 Å². The summed E-state index contributed by atoms with van der Waals surface area (Å²) >= 11 is 0. The van der Waals surface area contributed by atoms with E-state index in [2.05, 4.69) is 15.6 Å². The lowest BCUT2D eigenvalue weighted by molar-refractivity contribution is 0.102.